The fourth-order valence-electron chi connectivity index (χ4n) is 1.76. The average molecular weight is 232 g/mol. The van der Waals surface area contributed by atoms with Crippen molar-refractivity contribution in [3.05, 3.63) is 34.1 Å². The lowest BCUT2D eigenvalue weighted by atomic mass is 10.1. The molecule has 0 aliphatic heterocycles. The summed E-state index contributed by atoms with van der Waals surface area (Å²) >= 11 is 0. The maximum Gasteiger partial charge on any atom is 0.254 e. The molecule has 0 atom stereocenters. The fourth-order valence-corrected chi connectivity index (χ4v) is 1.76. The van der Waals surface area contributed by atoms with Crippen molar-refractivity contribution in [2.24, 2.45) is 0 Å². The number of aromatic amines is 1. The summed E-state index contributed by atoms with van der Waals surface area (Å²) in [4.78, 5) is 18.7. The highest BCUT2D eigenvalue weighted by molar-refractivity contribution is 5.60. The zero-order chi connectivity index (χ0) is 12.4. The summed E-state index contributed by atoms with van der Waals surface area (Å²) in [6.45, 7) is 6.53. The van der Waals surface area contributed by atoms with Gasteiger partial charge in [0.2, 0.25) is 0 Å². The van der Waals surface area contributed by atoms with Gasteiger partial charge in [0.15, 0.2) is 0 Å². The summed E-state index contributed by atoms with van der Waals surface area (Å²) in [5.41, 5.74) is 2.15. The van der Waals surface area contributed by atoms with Crippen LogP contribution in [0.25, 0.3) is 11.3 Å². The molecule has 0 saturated heterocycles. The molecule has 0 radical (unpaired) electrons. The van der Waals surface area contributed by atoms with Crippen LogP contribution in [0.4, 0.5) is 0 Å². The number of nitrogens with zero attached hydrogens (tertiary/aromatic N) is 3. The van der Waals surface area contributed by atoms with Crippen molar-refractivity contribution in [1.82, 2.24) is 19.7 Å². The molecule has 0 amide bonds. The normalized spacial score (nSPS) is 10.8. The number of nitrogens with one attached hydrogen (secondary N) is 1. The van der Waals surface area contributed by atoms with Gasteiger partial charge in [-0.2, -0.15) is 5.10 Å². The minimum atomic E-state index is -0.0873. The summed E-state index contributed by atoms with van der Waals surface area (Å²) in [5.74, 6) is 0.624. The minimum Gasteiger partial charge on any atom is -0.311 e. The topological polar surface area (TPSA) is 63.6 Å². The number of hydrogen-bond acceptors (Lipinski definition) is 3. The van der Waals surface area contributed by atoms with Crippen molar-refractivity contribution in [2.45, 2.75) is 33.7 Å². The summed E-state index contributed by atoms with van der Waals surface area (Å²) in [5, 5.41) is 4.25. The van der Waals surface area contributed by atoms with Gasteiger partial charge in [-0.1, -0.05) is 6.92 Å². The first-order valence-electron chi connectivity index (χ1n) is 5.72. The van der Waals surface area contributed by atoms with Gasteiger partial charge in [-0.25, -0.2) is 4.98 Å². The van der Waals surface area contributed by atoms with Crippen molar-refractivity contribution in [2.75, 3.05) is 0 Å². The van der Waals surface area contributed by atoms with Gasteiger partial charge in [0.05, 0.1) is 11.9 Å². The summed E-state index contributed by atoms with van der Waals surface area (Å²) in [6, 6.07) is 0. The van der Waals surface area contributed by atoms with Crippen LogP contribution in [0.1, 0.15) is 24.7 Å². The molecule has 2 aromatic rings. The lowest BCUT2D eigenvalue weighted by molar-refractivity contribution is 0.603. The van der Waals surface area contributed by atoms with Gasteiger partial charge in [-0.15, -0.1) is 0 Å². The van der Waals surface area contributed by atoms with Gasteiger partial charge in [-0.05, 0) is 20.3 Å². The van der Waals surface area contributed by atoms with Gasteiger partial charge < -0.3 is 4.98 Å². The monoisotopic (exact) mass is 232 g/mol. The van der Waals surface area contributed by atoms with Crippen LogP contribution in [0, 0.1) is 13.8 Å². The molecule has 0 unspecified atom stereocenters. The Kier molecular flexibility index (Phi) is 3.08. The minimum absolute atomic E-state index is 0.0873. The van der Waals surface area contributed by atoms with Crippen molar-refractivity contribution in [1.29, 1.82) is 0 Å². The molecule has 0 aliphatic rings. The Bertz CT molecular complexity index is 582. The van der Waals surface area contributed by atoms with E-state index in [2.05, 4.69) is 22.0 Å². The third-order valence-electron chi connectivity index (χ3n) is 2.63. The Morgan fingerprint density at radius 2 is 2.18 bits per heavy atom. The summed E-state index contributed by atoms with van der Waals surface area (Å²) in [7, 11) is 0. The molecule has 1 N–H and O–H groups in total. The summed E-state index contributed by atoms with van der Waals surface area (Å²) < 4.78 is 1.87. The van der Waals surface area contributed by atoms with Crippen LogP contribution in [-0.4, -0.2) is 19.7 Å². The van der Waals surface area contributed by atoms with Crippen LogP contribution in [0.2, 0.25) is 0 Å². The van der Waals surface area contributed by atoms with E-state index >= 15 is 0 Å². The molecule has 0 aliphatic carbocycles. The van der Waals surface area contributed by atoms with E-state index in [4.69, 9.17) is 0 Å². The molecule has 0 bridgehead atoms. The molecule has 17 heavy (non-hydrogen) atoms. The highest BCUT2D eigenvalue weighted by atomic mass is 16.1. The van der Waals surface area contributed by atoms with E-state index in [1.165, 1.54) is 0 Å². The fraction of sp³-hybridized carbons (Fsp3) is 0.417. The third kappa shape index (κ3) is 2.27. The van der Waals surface area contributed by atoms with E-state index < -0.39 is 0 Å². The second-order valence-electron chi connectivity index (χ2n) is 4.12. The summed E-state index contributed by atoms with van der Waals surface area (Å²) in [6.07, 6.45) is 4.71. The Morgan fingerprint density at radius 3 is 2.88 bits per heavy atom. The van der Waals surface area contributed by atoms with Crippen LogP contribution in [-0.2, 0) is 6.54 Å². The highest BCUT2D eigenvalue weighted by Crippen LogP contribution is 2.17. The van der Waals surface area contributed by atoms with E-state index in [-0.39, 0.29) is 5.56 Å². The van der Waals surface area contributed by atoms with Crippen LogP contribution in [0.5, 0.6) is 0 Å². The number of hydrogen-bond donors (Lipinski definition) is 1. The average Bonchev–Trinajstić information content (AvgIpc) is 2.72. The maximum atomic E-state index is 11.6. The Labute approximate surface area is 99.5 Å². The first kappa shape index (κ1) is 11.6. The molecular formula is C12H16N4O. The van der Waals surface area contributed by atoms with E-state index in [0.29, 0.717) is 17.1 Å². The van der Waals surface area contributed by atoms with Crippen molar-refractivity contribution >= 4 is 0 Å². The molecule has 0 fully saturated rings. The lowest BCUT2D eigenvalue weighted by Crippen LogP contribution is -2.14. The van der Waals surface area contributed by atoms with Crippen molar-refractivity contribution < 1.29 is 0 Å². The molecule has 0 saturated carbocycles. The van der Waals surface area contributed by atoms with Crippen molar-refractivity contribution in [3.8, 4) is 11.3 Å². The second kappa shape index (κ2) is 4.53. The van der Waals surface area contributed by atoms with Crippen LogP contribution >= 0.6 is 0 Å². The van der Waals surface area contributed by atoms with Gasteiger partial charge in [0, 0.05) is 23.9 Å². The van der Waals surface area contributed by atoms with Gasteiger partial charge in [0.1, 0.15) is 5.82 Å². The number of H-pyrrole nitrogens is 1. The zero-order valence-corrected chi connectivity index (χ0v) is 10.3. The standard InChI is InChI=1S/C12H16N4O/c1-4-5-16-7-10(6-13-16)11-8(2)12(17)15-9(3)14-11/h6-7H,4-5H2,1-3H3,(H,14,15,17). The van der Waals surface area contributed by atoms with E-state index in [1.807, 2.05) is 10.9 Å². The Hall–Kier alpha value is -1.91. The van der Waals surface area contributed by atoms with E-state index in [1.54, 1.807) is 20.0 Å². The largest absolute Gasteiger partial charge is 0.311 e. The molecular weight excluding hydrogens is 216 g/mol. The molecule has 5 nitrogen and oxygen atoms in total. The highest BCUT2D eigenvalue weighted by Gasteiger charge is 2.10. The van der Waals surface area contributed by atoms with Crippen molar-refractivity contribution in [3.63, 3.8) is 0 Å². The van der Waals surface area contributed by atoms with Crippen LogP contribution in [0.3, 0.4) is 0 Å². The van der Waals surface area contributed by atoms with Crippen LogP contribution in [0.15, 0.2) is 17.2 Å². The van der Waals surface area contributed by atoms with Crippen LogP contribution < -0.4 is 5.56 Å². The van der Waals surface area contributed by atoms with Gasteiger partial charge in [-0.3, -0.25) is 9.48 Å². The SMILES string of the molecule is CCCn1cc(-c2nc(C)[nH]c(=O)c2C)cn1. The maximum absolute atomic E-state index is 11.6. The van der Waals surface area contributed by atoms with E-state index in [0.717, 1.165) is 18.5 Å². The number of aryl methyl sites for hydroxylation is 2. The van der Waals surface area contributed by atoms with Gasteiger partial charge >= 0.3 is 0 Å². The molecule has 0 spiro atoms. The molecule has 90 valence electrons. The zero-order valence-electron chi connectivity index (χ0n) is 10.3. The predicted molar refractivity (Wildman–Crippen MR) is 65.8 cm³/mol. The molecule has 0 aromatic carbocycles. The molecule has 2 rings (SSSR count). The first-order chi connectivity index (χ1) is 8.11. The third-order valence-corrected chi connectivity index (χ3v) is 2.63. The number of rotatable bonds is 3. The van der Waals surface area contributed by atoms with E-state index in [9.17, 15) is 4.79 Å². The second-order valence-corrected chi connectivity index (χ2v) is 4.12. The van der Waals surface area contributed by atoms with Gasteiger partial charge in [0.25, 0.3) is 5.56 Å². The molecule has 5 heteroatoms. The predicted octanol–water partition coefficient (Wildman–Crippen LogP) is 1.66. The molecule has 2 heterocycles. The lowest BCUT2D eigenvalue weighted by Gasteiger charge is -2.02. The first-order valence-corrected chi connectivity index (χ1v) is 5.72. The Morgan fingerprint density at radius 1 is 1.41 bits per heavy atom. The number of aromatic nitrogens is 4. The quantitative estimate of drug-likeness (QED) is 0.875. The smallest absolute Gasteiger partial charge is 0.254 e. The molecule has 2 aromatic heterocycles. The Balaban J connectivity index is 2.48.